The van der Waals surface area contributed by atoms with Crippen LogP contribution in [0.4, 0.5) is 0 Å². The van der Waals surface area contributed by atoms with E-state index in [1.807, 2.05) is 18.2 Å². The molecular weight excluding hydrogens is 198 g/mol. The molecule has 1 saturated heterocycles. The summed E-state index contributed by atoms with van der Waals surface area (Å²) < 4.78 is 0. The quantitative estimate of drug-likeness (QED) is 0.828. The molecule has 1 atom stereocenters. The van der Waals surface area contributed by atoms with Gasteiger partial charge in [0.05, 0.1) is 11.2 Å². The van der Waals surface area contributed by atoms with Crippen molar-refractivity contribution >= 4 is 10.9 Å². The highest BCUT2D eigenvalue weighted by atomic mass is 15.1. The highest BCUT2D eigenvalue weighted by Gasteiger charge is 2.15. The van der Waals surface area contributed by atoms with E-state index >= 15 is 0 Å². The van der Waals surface area contributed by atoms with Gasteiger partial charge in [0.2, 0.25) is 0 Å². The van der Waals surface area contributed by atoms with Crippen molar-refractivity contribution < 1.29 is 0 Å². The van der Waals surface area contributed by atoms with E-state index in [2.05, 4.69) is 27.6 Å². The molecule has 1 aliphatic rings. The number of benzene rings is 1. The molecule has 3 heteroatoms. The van der Waals surface area contributed by atoms with E-state index in [0.717, 1.165) is 24.2 Å². The van der Waals surface area contributed by atoms with Gasteiger partial charge in [-0.2, -0.15) is 10.2 Å². The minimum Gasteiger partial charge on any atom is -0.314 e. The van der Waals surface area contributed by atoms with Gasteiger partial charge in [0.25, 0.3) is 0 Å². The number of hydrogen-bond donors (Lipinski definition) is 1. The first-order chi connectivity index (χ1) is 7.92. The molecule has 2 aromatic rings. The third-order valence-electron chi connectivity index (χ3n) is 3.16. The second-order valence-corrected chi connectivity index (χ2v) is 4.39. The van der Waals surface area contributed by atoms with Gasteiger partial charge in [-0.1, -0.05) is 18.2 Å². The standard InChI is InChI=1S/C13H15N3/c1-2-6-13-10(4-1)8-12(15-16-13)9-11-5-3-7-14-11/h1-2,4,6,8,11,14H,3,5,7,9H2. The van der Waals surface area contributed by atoms with Gasteiger partial charge in [-0.15, -0.1) is 0 Å². The minimum absolute atomic E-state index is 0.593. The fraction of sp³-hybridized carbons (Fsp3) is 0.385. The molecule has 1 N–H and O–H groups in total. The van der Waals surface area contributed by atoms with E-state index in [9.17, 15) is 0 Å². The zero-order valence-corrected chi connectivity index (χ0v) is 9.19. The summed E-state index contributed by atoms with van der Waals surface area (Å²) in [5.74, 6) is 0. The molecule has 3 nitrogen and oxygen atoms in total. The Morgan fingerprint density at radius 3 is 3.06 bits per heavy atom. The average molecular weight is 213 g/mol. The summed E-state index contributed by atoms with van der Waals surface area (Å²) in [4.78, 5) is 0. The zero-order valence-electron chi connectivity index (χ0n) is 9.19. The van der Waals surface area contributed by atoms with E-state index in [1.165, 1.54) is 18.2 Å². The molecule has 1 aliphatic heterocycles. The van der Waals surface area contributed by atoms with Crippen molar-refractivity contribution in [3.05, 3.63) is 36.0 Å². The monoisotopic (exact) mass is 213 g/mol. The van der Waals surface area contributed by atoms with E-state index in [0.29, 0.717) is 6.04 Å². The third kappa shape index (κ3) is 1.91. The number of nitrogens with one attached hydrogen (secondary N) is 1. The maximum atomic E-state index is 4.28. The number of aromatic nitrogens is 2. The zero-order chi connectivity index (χ0) is 10.8. The lowest BCUT2D eigenvalue weighted by Gasteiger charge is -2.08. The van der Waals surface area contributed by atoms with Crippen LogP contribution in [0.2, 0.25) is 0 Å². The average Bonchev–Trinajstić information content (AvgIpc) is 2.82. The summed E-state index contributed by atoms with van der Waals surface area (Å²) in [6.07, 6.45) is 3.54. The predicted molar refractivity (Wildman–Crippen MR) is 64.3 cm³/mol. The first-order valence-corrected chi connectivity index (χ1v) is 5.86. The van der Waals surface area contributed by atoms with Crippen molar-refractivity contribution in [3.63, 3.8) is 0 Å². The Morgan fingerprint density at radius 2 is 2.19 bits per heavy atom. The van der Waals surface area contributed by atoms with Crippen molar-refractivity contribution in [2.45, 2.75) is 25.3 Å². The van der Waals surface area contributed by atoms with Gasteiger partial charge >= 0.3 is 0 Å². The van der Waals surface area contributed by atoms with Crippen LogP contribution in [0, 0.1) is 0 Å². The highest BCUT2D eigenvalue weighted by Crippen LogP contribution is 2.14. The number of hydrogen-bond acceptors (Lipinski definition) is 3. The van der Waals surface area contributed by atoms with Gasteiger partial charge < -0.3 is 5.32 Å². The number of rotatable bonds is 2. The van der Waals surface area contributed by atoms with Crippen LogP contribution in [0.1, 0.15) is 18.5 Å². The van der Waals surface area contributed by atoms with E-state index < -0.39 is 0 Å². The molecule has 0 spiro atoms. The van der Waals surface area contributed by atoms with Gasteiger partial charge in [0.1, 0.15) is 0 Å². The Morgan fingerprint density at radius 1 is 1.25 bits per heavy atom. The summed E-state index contributed by atoms with van der Waals surface area (Å²) in [7, 11) is 0. The van der Waals surface area contributed by atoms with E-state index in [1.54, 1.807) is 0 Å². The van der Waals surface area contributed by atoms with Crippen LogP contribution >= 0.6 is 0 Å². The molecule has 0 bridgehead atoms. The Hall–Kier alpha value is -1.48. The highest BCUT2D eigenvalue weighted by molar-refractivity contribution is 5.77. The summed E-state index contributed by atoms with van der Waals surface area (Å²) >= 11 is 0. The molecule has 2 heterocycles. The largest absolute Gasteiger partial charge is 0.314 e. The third-order valence-corrected chi connectivity index (χ3v) is 3.16. The van der Waals surface area contributed by atoms with Crippen LogP contribution in [-0.2, 0) is 6.42 Å². The maximum Gasteiger partial charge on any atom is 0.0929 e. The second-order valence-electron chi connectivity index (χ2n) is 4.39. The minimum atomic E-state index is 0.593. The van der Waals surface area contributed by atoms with Crippen LogP contribution in [0.15, 0.2) is 30.3 Å². The van der Waals surface area contributed by atoms with Gasteiger partial charge in [-0.3, -0.25) is 0 Å². The SMILES string of the molecule is c1ccc2nnc(CC3CCCN3)cc2c1. The molecule has 3 rings (SSSR count). The molecule has 1 fully saturated rings. The lowest BCUT2D eigenvalue weighted by molar-refractivity contribution is 0.592. The Kier molecular flexibility index (Phi) is 2.54. The smallest absolute Gasteiger partial charge is 0.0929 e. The normalized spacial score (nSPS) is 20.4. The fourth-order valence-electron chi connectivity index (χ4n) is 2.31. The summed E-state index contributed by atoms with van der Waals surface area (Å²) in [6.45, 7) is 1.14. The molecule has 0 aliphatic carbocycles. The van der Waals surface area contributed by atoms with Crippen molar-refractivity contribution in [2.24, 2.45) is 0 Å². The topological polar surface area (TPSA) is 37.8 Å². The van der Waals surface area contributed by atoms with Crippen molar-refractivity contribution in [1.29, 1.82) is 0 Å². The molecule has 0 amide bonds. The molecule has 0 saturated carbocycles. The van der Waals surface area contributed by atoms with Gasteiger partial charge in [-0.25, -0.2) is 0 Å². The summed E-state index contributed by atoms with van der Waals surface area (Å²) in [5, 5.41) is 13.2. The molecule has 1 aromatic heterocycles. The first-order valence-electron chi connectivity index (χ1n) is 5.86. The van der Waals surface area contributed by atoms with E-state index in [4.69, 9.17) is 0 Å². The first kappa shape index (κ1) is 9.73. The molecule has 82 valence electrons. The molecule has 0 radical (unpaired) electrons. The number of nitrogens with zero attached hydrogens (tertiary/aromatic N) is 2. The Labute approximate surface area is 94.9 Å². The predicted octanol–water partition coefficient (Wildman–Crippen LogP) is 1.92. The maximum absolute atomic E-state index is 4.28. The Balaban J connectivity index is 1.86. The molecule has 1 unspecified atom stereocenters. The lowest BCUT2D eigenvalue weighted by atomic mass is 10.1. The van der Waals surface area contributed by atoms with Crippen LogP contribution in [0.25, 0.3) is 10.9 Å². The van der Waals surface area contributed by atoms with Gasteiger partial charge in [0, 0.05) is 17.8 Å². The van der Waals surface area contributed by atoms with E-state index in [-0.39, 0.29) is 0 Å². The second kappa shape index (κ2) is 4.18. The number of fused-ring (bicyclic) bond motifs is 1. The fourth-order valence-corrected chi connectivity index (χ4v) is 2.31. The van der Waals surface area contributed by atoms with Crippen molar-refractivity contribution in [3.8, 4) is 0 Å². The molecule has 16 heavy (non-hydrogen) atoms. The van der Waals surface area contributed by atoms with Gasteiger partial charge in [-0.05, 0) is 31.5 Å². The van der Waals surface area contributed by atoms with Crippen molar-refractivity contribution in [2.75, 3.05) is 6.54 Å². The summed E-state index contributed by atoms with van der Waals surface area (Å²) in [6, 6.07) is 10.9. The molecular formula is C13H15N3. The van der Waals surface area contributed by atoms with Crippen LogP contribution < -0.4 is 5.32 Å². The summed E-state index contributed by atoms with van der Waals surface area (Å²) in [5.41, 5.74) is 2.07. The Bertz CT molecular complexity index is 489. The van der Waals surface area contributed by atoms with Crippen molar-refractivity contribution in [1.82, 2.24) is 15.5 Å². The lowest BCUT2D eigenvalue weighted by Crippen LogP contribution is -2.24. The van der Waals surface area contributed by atoms with Gasteiger partial charge in [0.15, 0.2) is 0 Å². The van der Waals surface area contributed by atoms with Crippen LogP contribution in [0.3, 0.4) is 0 Å². The van der Waals surface area contributed by atoms with Crippen LogP contribution in [0.5, 0.6) is 0 Å². The molecule has 1 aromatic carbocycles. The van der Waals surface area contributed by atoms with Crippen LogP contribution in [-0.4, -0.2) is 22.8 Å².